The predicted octanol–water partition coefficient (Wildman–Crippen LogP) is 9.84. The van der Waals surface area contributed by atoms with Crippen LogP contribution in [0.25, 0.3) is 0 Å². The largest absolute Gasteiger partial charge is 0.425 e. The van der Waals surface area contributed by atoms with Crippen molar-refractivity contribution in [2.75, 3.05) is 13.2 Å². The summed E-state index contributed by atoms with van der Waals surface area (Å²) in [6.07, 6.45) is 2.55. The lowest BCUT2D eigenvalue weighted by molar-refractivity contribution is -0.147. The fraction of sp³-hybridized carbons (Fsp3) is 0.480. The molecule has 0 spiro atoms. The van der Waals surface area contributed by atoms with E-state index in [1.54, 1.807) is 0 Å². The maximum Gasteiger partial charge on any atom is 0.328 e. The van der Waals surface area contributed by atoms with E-state index in [-0.39, 0.29) is 24.0 Å². The molecule has 2 N–H and O–H groups in total. The van der Waals surface area contributed by atoms with Crippen LogP contribution in [-0.4, -0.2) is 35.4 Å². The van der Waals surface area contributed by atoms with Crippen LogP contribution in [0.4, 0.5) is 0 Å². The van der Waals surface area contributed by atoms with Crippen molar-refractivity contribution >= 4 is 11.9 Å². The number of esters is 2. The van der Waals surface area contributed by atoms with Crippen molar-refractivity contribution in [3.63, 3.8) is 0 Å². The van der Waals surface area contributed by atoms with Crippen molar-refractivity contribution in [2.24, 2.45) is 0 Å². The quantitative estimate of drug-likeness (QED) is 0.130. The highest BCUT2D eigenvalue weighted by atomic mass is 16.6. The standard InChI is InChI=1S/C50H62O6/c1-45(2,3)35-27-37(47(7,8)9)41-39(29-35)49(43(53)55-41,33-21-17-31(18-22-33)15-13-25-51)50(34-23-19-32(20-24-34)16-14-26-52)40-30-36(46(4,5)6)28-38(48(10,11)12)42(40)56-44(50)54/h17-24,27-30,51-52H,13-16,25-26H2,1-12H3. The summed E-state index contributed by atoms with van der Waals surface area (Å²) in [4.78, 5) is 31.7. The van der Waals surface area contributed by atoms with Gasteiger partial charge in [-0.1, -0.05) is 144 Å². The fourth-order valence-electron chi connectivity index (χ4n) is 8.67. The molecule has 0 bridgehead atoms. The van der Waals surface area contributed by atoms with Gasteiger partial charge in [0.15, 0.2) is 0 Å². The van der Waals surface area contributed by atoms with Crippen molar-refractivity contribution in [2.45, 2.75) is 141 Å². The van der Waals surface area contributed by atoms with Crippen molar-refractivity contribution in [3.05, 3.63) is 128 Å². The minimum absolute atomic E-state index is 0.0722. The van der Waals surface area contributed by atoms with E-state index in [0.717, 1.165) is 33.4 Å². The molecule has 0 amide bonds. The molecule has 2 aliphatic rings. The summed E-state index contributed by atoms with van der Waals surface area (Å²) in [5.74, 6) is -0.0780. The van der Waals surface area contributed by atoms with E-state index >= 15 is 9.59 Å². The van der Waals surface area contributed by atoms with Gasteiger partial charge in [-0.3, -0.25) is 9.59 Å². The molecule has 0 radical (unpaired) electrons. The maximum atomic E-state index is 15.9. The molecule has 6 rings (SSSR count). The molecule has 0 fully saturated rings. The Bertz CT molecular complexity index is 1980. The molecule has 298 valence electrons. The second-order valence-electron chi connectivity index (χ2n) is 20.1. The van der Waals surface area contributed by atoms with Crippen molar-refractivity contribution < 1.29 is 29.3 Å². The second-order valence-corrected chi connectivity index (χ2v) is 20.1. The number of hydrogen-bond donors (Lipinski definition) is 2. The number of carbonyl (C=O) groups excluding carboxylic acids is 2. The third kappa shape index (κ3) is 6.71. The summed E-state index contributed by atoms with van der Waals surface area (Å²) in [6.45, 7) is 25.9. The molecule has 0 aliphatic carbocycles. The third-order valence-corrected chi connectivity index (χ3v) is 11.9. The van der Waals surface area contributed by atoms with E-state index in [9.17, 15) is 10.2 Å². The zero-order chi connectivity index (χ0) is 41.2. The average Bonchev–Trinajstić information content (AvgIpc) is 3.58. The molecule has 2 unspecified atom stereocenters. The van der Waals surface area contributed by atoms with Gasteiger partial charge in [0.1, 0.15) is 22.3 Å². The molecule has 6 nitrogen and oxygen atoms in total. The molecule has 6 heteroatoms. The first-order chi connectivity index (χ1) is 26.0. The number of aryl methyl sites for hydroxylation is 2. The minimum Gasteiger partial charge on any atom is -0.425 e. The number of aliphatic hydroxyl groups excluding tert-OH is 2. The summed E-state index contributed by atoms with van der Waals surface area (Å²) in [5, 5.41) is 19.3. The minimum atomic E-state index is -1.72. The van der Waals surface area contributed by atoms with E-state index in [1.807, 2.05) is 48.5 Å². The van der Waals surface area contributed by atoms with Crippen LogP contribution < -0.4 is 9.47 Å². The van der Waals surface area contributed by atoms with Crippen molar-refractivity contribution in [3.8, 4) is 11.5 Å². The molecular formula is C50H62O6. The zero-order valence-corrected chi connectivity index (χ0v) is 35.7. The highest BCUT2D eigenvalue weighted by Gasteiger charge is 2.73. The Balaban J connectivity index is 1.89. The van der Waals surface area contributed by atoms with Crippen molar-refractivity contribution in [1.82, 2.24) is 0 Å². The highest BCUT2D eigenvalue weighted by molar-refractivity contribution is 6.09. The molecule has 0 saturated carbocycles. The second kappa shape index (κ2) is 14.3. The smallest absolute Gasteiger partial charge is 0.328 e. The summed E-state index contributed by atoms with van der Waals surface area (Å²) in [7, 11) is 0. The number of rotatable bonds is 9. The lowest BCUT2D eigenvalue weighted by Crippen LogP contribution is -2.58. The summed E-state index contributed by atoms with van der Waals surface area (Å²) in [5.41, 5.74) is 3.56. The number of carbonyl (C=O) groups is 2. The van der Waals surface area contributed by atoms with Gasteiger partial charge in [0.05, 0.1) is 0 Å². The van der Waals surface area contributed by atoms with Crippen LogP contribution in [-0.2, 0) is 54.9 Å². The monoisotopic (exact) mass is 758 g/mol. The van der Waals surface area contributed by atoms with E-state index in [1.165, 1.54) is 0 Å². The average molecular weight is 759 g/mol. The molecule has 2 aliphatic heterocycles. The Labute approximate surface area is 334 Å². The van der Waals surface area contributed by atoms with E-state index < -0.39 is 33.6 Å². The molecule has 2 heterocycles. The van der Waals surface area contributed by atoms with Crippen LogP contribution in [0.3, 0.4) is 0 Å². The van der Waals surface area contributed by atoms with Gasteiger partial charge in [-0.15, -0.1) is 0 Å². The summed E-state index contributed by atoms with van der Waals surface area (Å²) < 4.78 is 13.4. The molecule has 56 heavy (non-hydrogen) atoms. The van der Waals surface area contributed by atoms with Crippen LogP contribution in [0.5, 0.6) is 11.5 Å². The Kier molecular flexibility index (Phi) is 10.6. The first-order valence-corrected chi connectivity index (χ1v) is 20.3. The third-order valence-electron chi connectivity index (χ3n) is 11.9. The van der Waals surface area contributed by atoms with E-state index in [2.05, 4.69) is 107 Å². The highest BCUT2D eigenvalue weighted by Crippen LogP contribution is 2.65. The van der Waals surface area contributed by atoms with Gasteiger partial charge in [-0.2, -0.15) is 0 Å². The lowest BCUT2D eigenvalue weighted by atomic mass is 9.51. The number of ether oxygens (including phenoxy) is 2. The van der Waals surface area contributed by atoms with Gasteiger partial charge in [0.25, 0.3) is 0 Å². The molecule has 0 aromatic heterocycles. The summed E-state index contributed by atoms with van der Waals surface area (Å²) in [6, 6.07) is 24.5. The van der Waals surface area contributed by atoms with Crippen LogP contribution in [0, 0.1) is 0 Å². The Morgan fingerprint density at radius 1 is 0.482 bits per heavy atom. The van der Waals surface area contributed by atoms with E-state index in [4.69, 9.17) is 9.47 Å². The van der Waals surface area contributed by atoms with Gasteiger partial charge in [0.2, 0.25) is 0 Å². The van der Waals surface area contributed by atoms with Crippen LogP contribution >= 0.6 is 0 Å². The van der Waals surface area contributed by atoms with E-state index in [0.29, 0.717) is 59.4 Å². The molecule has 4 aromatic rings. The van der Waals surface area contributed by atoms with Gasteiger partial charge >= 0.3 is 11.9 Å². The number of benzene rings is 4. The van der Waals surface area contributed by atoms with Crippen LogP contribution in [0.2, 0.25) is 0 Å². The molecule has 0 saturated heterocycles. The van der Waals surface area contributed by atoms with Crippen LogP contribution in [0.1, 0.15) is 152 Å². The molecular weight excluding hydrogens is 697 g/mol. The Morgan fingerprint density at radius 2 is 0.804 bits per heavy atom. The lowest BCUT2D eigenvalue weighted by Gasteiger charge is -2.43. The predicted molar refractivity (Wildman–Crippen MR) is 224 cm³/mol. The van der Waals surface area contributed by atoms with Crippen LogP contribution in [0.15, 0.2) is 72.8 Å². The Hall–Kier alpha value is -4.26. The summed E-state index contributed by atoms with van der Waals surface area (Å²) >= 11 is 0. The fourth-order valence-corrected chi connectivity index (χ4v) is 8.67. The number of aliphatic hydroxyl groups is 2. The molecule has 2 atom stereocenters. The topological polar surface area (TPSA) is 93.1 Å². The van der Waals surface area contributed by atoms with Gasteiger partial charge in [0, 0.05) is 35.5 Å². The number of fused-ring (bicyclic) bond motifs is 2. The normalized spacial score (nSPS) is 19.8. The zero-order valence-electron chi connectivity index (χ0n) is 35.7. The SMILES string of the molecule is CC(C)(C)c1cc(C(C)(C)C)c2c(c1)C(c1ccc(CCCO)cc1)(C1(c3ccc(CCCO)cc3)C(=O)Oc3c(C(C)(C)C)cc(C(C)(C)C)cc31)C(=O)O2. The van der Waals surface area contributed by atoms with Gasteiger partial charge in [-0.05, 0) is 92.9 Å². The molecule has 4 aromatic carbocycles. The Morgan fingerprint density at radius 3 is 1.07 bits per heavy atom. The van der Waals surface area contributed by atoms with Gasteiger partial charge < -0.3 is 19.7 Å². The first-order valence-electron chi connectivity index (χ1n) is 20.3. The first kappa shape index (κ1) is 41.4. The van der Waals surface area contributed by atoms with Gasteiger partial charge in [-0.25, -0.2) is 0 Å². The van der Waals surface area contributed by atoms with Crippen molar-refractivity contribution in [1.29, 1.82) is 0 Å². The number of hydrogen-bond acceptors (Lipinski definition) is 6. The maximum absolute atomic E-state index is 15.9.